The van der Waals surface area contributed by atoms with Crippen molar-refractivity contribution in [2.24, 2.45) is 23.7 Å². The number of benzene rings is 1. The molecule has 1 aromatic carbocycles. The lowest BCUT2D eigenvalue weighted by molar-refractivity contribution is -0.320. The van der Waals surface area contributed by atoms with Gasteiger partial charge in [-0.25, -0.2) is 4.98 Å². The van der Waals surface area contributed by atoms with Gasteiger partial charge in [0.1, 0.15) is 29.2 Å². The van der Waals surface area contributed by atoms with Crippen LogP contribution >= 0.6 is 0 Å². The number of ketones is 1. The zero-order chi connectivity index (χ0) is 54.0. The van der Waals surface area contributed by atoms with Gasteiger partial charge in [-0.1, -0.05) is 64.1 Å². The van der Waals surface area contributed by atoms with Crippen molar-refractivity contribution in [2.75, 3.05) is 41.5 Å². The molecule has 0 aliphatic carbocycles. The number of imidazole rings is 1. The molecular weight excluding hydrogens is 939 g/mol. The first kappa shape index (κ1) is 60.2. The number of aliphatic hydroxyl groups excluding tert-OH is 1. The molecule has 3 saturated heterocycles. The van der Waals surface area contributed by atoms with Crippen LogP contribution in [0.3, 0.4) is 0 Å². The van der Waals surface area contributed by atoms with Gasteiger partial charge in [0, 0.05) is 76.3 Å². The minimum absolute atomic E-state index is 0.0938. The predicted molar refractivity (Wildman–Crippen MR) is 275 cm³/mol. The highest BCUT2D eigenvalue weighted by Gasteiger charge is 2.55. The number of methoxy groups -OCH3 is 2. The van der Waals surface area contributed by atoms with E-state index in [-0.39, 0.29) is 37.4 Å². The topological polar surface area (TPSA) is 185 Å². The lowest BCUT2D eigenvalue weighted by Crippen LogP contribution is -2.62. The van der Waals surface area contributed by atoms with Gasteiger partial charge in [0.05, 0.1) is 60.7 Å². The third kappa shape index (κ3) is 14.5. The number of carbonyl (C=O) groups excluding carboxylic acids is 3. The van der Waals surface area contributed by atoms with Crippen molar-refractivity contribution in [3.8, 4) is 11.3 Å². The molecule has 0 spiro atoms. The number of cyclic esters (lactones) is 1. The number of ether oxygens (including phenoxy) is 10. The number of aliphatic hydroxyl groups is 1. The second kappa shape index (κ2) is 26.4. The van der Waals surface area contributed by atoms with E-state index >= 15 is 9.59 Å². The molecule has 73 heavy (non-hydrogen) atoms. The number of hydrogen-bond donors (Lipinski definition) is 1. The quantitative estimate of drug-likeness (QED) is 0.0824. The zero-order valence-electron chi connectivity index (χ0n) is 46.4. The Morgan fingerprint density at radius 2 is 1.60 bits per heavy atom. The summed E-state index contributed by atoms with van der Waals surface area (Å²) in [5, 5.41) is 11.9. The Labute approximate surface area is 435 Å². The maximum absolute atomic E-state index is 15.2. The van der Waals surface area contributed by atoms with Crippen molar-refractivity contribution in [1.29, 1.82) is 0 Å². The van der Waals surface area contributed by atoms with Crippen LogP contribution in [0.25, 0.3) is 11.3 Å². The van der Waals surface area contributed by atoms with E-state index in [1.54, 1.807) is 34.1 Å². The minimum atomic E-state index is -1.34. The molecule has 5 rings (SSSR count). The fraction of sp³-hybridized carbons (Fsp3) is 0.750. The third-order valence-electron chi connectivity index (χ3n) is 15.8. The van der Waals surface area contributed by atoms with E-state index < -0.39 is 108 Å². The molecule has 1 unspecified atom stereocenters. The molecular formula is C56H89N3O14. The molecule has 1 N–H and O–H groups in total. The highest BCUT2D eigenvalue weighted by molar-refractivity contribution is 5.83. The van der Waals surface area contributed by atoms with Crippen LogP contribution in [-0.4, -0.2) is 163 Å². The van der Waals surface area contributed by atoms with Crippen molar-refractivity contribution in [1.82, 2.24) is 14.5 Å². The second-order valence-electron chi connectivity index (χ2n) is 21.7. The van der Waals surface area contributed by atoms with Crippen LogP contribution in [0.1, 0.15) is 115 Å². The summed E-state index contributed by atoms with van der Waals surface area (Å²) in [5.74, 6) is -4.30. The van der Waals surface area contributed by atoms with Gasteiger partial charge in [0.15, 0.2) is 18.7 Å². The number of rotatable bonds is 19. The summed E-state index contributed by atoms with van der Waals surface area (Å²) >= 11 is 0. The molecule has 17 heteroatoms. The summed E-state index contributed by atoms with van der Waals surface area (Å²) in [6.45, 7) is 24.9. The van der Waals surface area contributed by atoms with Crippen LogP contribution in [0.4, 0.5) is 0 Å². The number of hydrogen-bond acceptors (Lipinski definition) is 16. The van der Waals surface area contributed by atoms with Crippen LogP contribution in [0, 0.1) is 23.7 Å². The first-order valence-corrected chi connectivity index (χ1v) is 26.4. The summed E-state index contributed by atoms with van der Waals surface area (Å²) in [6, 6.07) is 9.72. The lowest BCUT2D eigenvalue weighted by Gasteiger charge is -2.50. The van der Waals surface area contributed by atoms with Gasteiger partial charge in [-0.2, -0.15) is 0 Å². The largest absolute Gasteiger partial charge is 0.459 e. The Morgan fingerprint density at radius 1 is 0.932 bits per heavy atom. The fourth-order valence-electron chi connectivity index (χ4n) is 11.5. The van der Waals surface area contributed by atoms with Gasteiger partial charge in [-0.15, -0.1) is 6.58 Å². The van der Waals surface area contributed by atoms with Crippen molar-refractivity contribution in [2.45, 2.75) is 205 Å². The predicted octanol–water partition coefficient (Wildman–Crippen LogP) is 7.59. The van der Waals surface area contributed by atoms with E-state index in [0.717, 1.165) is 17.7 Å². The van der Waals surface area contributed by atoms with Crippen LogP contribution in [0.2, 0.25) is 0 Å². The van der Waals surface area contributed by atoms with E-state index in [4.69, 9.17) is 47.4 Å². The minimum Gasteiger partial charge on any atom is -0.459 e. The van der Waals surface area contributed by atoms with E-state index in [2.05, 4.69) is 16.1 Å². The Kier molecular flexibility index (Phi) is 21.8. The molecule has 3 aliphatic heterocycles. The van der Waals surface area contributed by atoms with E-state index in [1.165, 1.54) is 6.92 Å². The van der Waals surface area contributed by atoms with E-state index in [0.29, 0.717) is 32.4 Å². The van der Waals surface area contributed by atoms with Crippen molar-refractivity contribution in [3.05, 3.63) is 55.5 Å². The highest BCUT2D eigenvalue weighted by atomic mass is 16.7. The van der Waals surface area contributed by atoms with E-state index in [1.807, 2.05) is 117 Å². The molecule has 1 aromatic heterocycles. The number of Topliss-reactive ketones (excluding diaryl/α,β-unsaturated/α-hetero) is 1. The first-order valence-electron chi connectivity index (χ1n) is 26.4. The third-order valence-corrected chi connectivity index (χ3v) is 15.8. The number of unbranched alkanes of at least 4 members (excludes halogenated alkanes) is 1. The Hall–Kier alpha value is -3.62. The molecule has 4 heterocycles. The molecule has 0 bridgehead atoms. The molecule has 3 fully saturated rings. The summed E-state index contributed by atoms with van der Waals surface area (Å²) in [5.41, 5.74) is -1.71. The number of carbonyl (C=O) groups is 3. The molecule has 18 atom stereocenters. The number of esters is 2. The lowest BCUT2D eigenvalue weighted by atomic mass is 9.73. The molecule has 412 valence electrons. The second-order valence-corrected chi connectivity index (χ2v) is 21.7. The number of aryl methyl sites for hydroxylation is 1. The Morgan fingerprint density at radius 3 is 2.22 bits per heavy atom. The SMILES string of the molecule is C=CCO[C@]1(C)[C@H](CC)OC(=O)[C@H](C)[C@@H](O[C@H]2C[C@@](C)(OC)[C@@H](OC(C)=O)[C@H](C)O2)[C@H](C)[C@@H](OC2O[C@H](C)C[C@H](N(C)C)[C@H]2O)[C@@](C)(OC)C[C@@H](C)C(=O)[C@@H](C)[C@H]1OCCCCn1cnc(-c2ccccc2)c1. The first-order chi connectivity index (χ1) is 34.5. The molecule has 17 nitrogen and oxygen atoms in total. The highest BCUT2D eigenvalue weighted by Crippen LogP contribution is 2.43. The summed E-state index contributed by atoms with van der Waals surface area (Å²) in [6.07, 6.45) is -0.582. The van der Waals surface area contributed by atoms with Gasteiger partial charge in [-0.05, 0) is 87.7 Å². The van der Waals surface area contributed by atoms with E-state index in [9.17, 15) is 9.90 Å². The van der Waals surface area contributed by atoms with Gasteiger partial charge in [-0.3, -0.25) is 14.4 Å². The standard InChI is InChI=1S/C56H89N3O14/c1-17-27-67-56(12)44(18-2)71-52(63)38(7)48(72-45-31-55(11,65-16)51(39(8)69-45)70-40(9)60)37(6)49(73-53-47(62)43(58(13)14)29-35(4)68-53)54(10,64-15)30-34(3)46(61)36(5)50(56)66-28-23-22-26-59-32-42(57-33-59)41-24-20-19-21-25-41/h17,19-21,24-25,32-39,43-45,47-51,53,62H,1,18,22-23,26-31H2,2-16H3/t34-,35-,36-,37+,38-,39+,43+,44+,45+,47-,48+,49-,50-,51+,53?,54+,55-,56-/m1/s1. The van der Waals surface area contributed by atoms with Crippen molar-refractivity contribution in [3.63, 3.8) is 0 Å². The number of nitrogens with zero attached hydrogens (tertiary/aromatic N) is 3. The number of likely N-dealkylation sites (N-methyl/N-ethyl adjacent to an activating group) is 1. The zero-order valence-corrected chi connectivity index (χ0v) is 46.4. The summed E-state index contributed by atoms with van der Waals surface area (Å²) in [7, 11) is 6.92. The fourth-order valence-corrected chi connectivity index (χ4v) is 11.5. The Bertz CT molecular complexity index is 2070. The Balaban J connectivity index is 1.56. The summed E-state index contributed by atoms with van der Waals surface area (Å²) in [4.78, 5) is 49.2. The molecule has 0 amide bonds. The maximum Gasteiger partial charge on any atom is 0.311 e. The van der Waals surface area contributed by atoms with Crippen LogP contribution in [0.15, 0.2) is 55.5 Å². The molecule has 0 saturated carbocycles. The molecule has 0 radical (unpaired) electrons. The normalized spacial score (nSPS) is 38.1. The smallest absolute Gasteiger partial charge is 0.311 e. The van der Waals surface area contributed by atoms with Crippen LogP contribution in [-0.2, 0) is 68.3 Å². The van der Waals surface area contributed by atoms with Crippen LogP contribution < -0.4 is 0 Å². The van der Waals surface area contributed by atoms with Crippen molar-refractivity contribution < 1.29 is 66.9 Å². The van der Waals surface area contributed by atoms with Gasteiger partial charge < -0.3 is 61.9 Å². The van der Waals surface area contributed by atoms with Gasteiger partial charge in [0.2, 0.25) is 0 Å². The summed E-state index contributed by atoms with van der Waals surface area (Å²) < 4.78 is 67.5. The van der Waals surface area contributed by atoms with Gasteiger partial charge >= 0.3 is 11.9 Å². The van der Waals surface area contributed by atoms with Gasteiger partial charge in [0.25, 0.3) is 0 Å². The van der Waals surface area contributed by atoms with Crippen molar-refractivity contribution >= 4 is 17.7 Å². The van der Waals surface area contributed by atoms with Crippen LogP contribution in [0.5, 0.6) is 0 Å². The molecule has 3 aliphatic rings. The monoisotopic (exact) mass is 1030 g/mol. The number of aromatic nitrogens is 2. The maximum atomic E-state index is 15.2. The average Bonchev–Trinajstić information content (AvgIpc) is 3.84. The molecule has 2 aromatic rings. The average molecular weight is 1030 g/mol.